The molecule has 1 amide bonds. The fourth-order valence-electron chi connectivity index (χ4n) is 2.25. The number of carbonyl (C=O) groups is 2. The standard InChI is InChI=1S/C13H15N5O5/c1-22-6-23-9-5-14-11(9)12(19)17-10-3-2-8-7(16-10)4-15-18(8)13(20)21/h2-4,9,11,14H,5-6H2,1H3,(H,20,21)(H,16,17,19)/t9-,11-/m1/s1. The summed E-state index contributed by atoms with van der Waals surface area (Å²) in [6.45, 7) is 0.688. The molecule has 3 N–H and O–H groups in total. The average Bonchev–Trinajstić information content (AvgIpc) is 2.89. The Labute approximate surface area is 130 Å². The highest BCUT2D eigenvalue weighted by Crippen LogP contribution is 2.16. The number of ether oxygens (including phenoxy) is 2. The predicted octanol–water partition coefficient (Wildman–Crippen LogP) is -0.143. The van der Waals surface area contributed by atoms with Gasteiger partial charge in [0.25, 0.3) is 0 Å². The van der Waals surface area contributed by atoms with Crippen LogP contribution >= 0.6 is 0 Å². The molecule has 0 bridgehead atoms. The Morgan fingerprint density at radius 1 is 1.52 bits per heavy atom. The smallest absolute Gasteiger partial charge is 0.432 e. The summed E-state index contributed by atoms with van der Waals surface area (Å²) in [6.07, 6.45) is -0.130. The van der Waals surface area contributed by atoms with E-state index in [0.717, 1.165) is 4.68 Å². The van der Waals surface area contributed by atoms with Crippen molar-refractivity contribution in [1.29, 1.82) is 0 Å². The van der Waals surface area contributed by atoms with E-state index in [0.29, 0.717) is 23.4 Å². The Morgan fingerprint density at radius 2 is 2.35 bits per heavy atom. The molecule has 23 heavy (non-hydrogen) atoms. The third-order valence-corrected chi connectivity index (χ3v) is 3.45. The lowest BCUT2D eigenvalue weighted by Gasteiger charge is -2.36. The first kappa shape index (κ1) is 15.3. The van der Waals surface area contributed by atoms with Crippen LogP contribution in [0.5, 0.6) is 0 Å². The van der Waals surface area contributed by atoms with Crippen molar-refractivity contribution in [2.75, 3.05) is 25.8 Å². The zero-order valence-electron chi connectivity index (χ0n) is 12.2. The predicted molar refractivity (Wildman–Crippen MR) is 78.1 cm³/mol. The van der Waals surface area contributed by atoms with E-state index in [2.05, 4.69) is 20.7 Å². The highest BCUT2D eigenvalue weighted by Gasteiger charge is 2.37. The monoisotopic (exact) mass is 321 g/mol. The number of hydrogen-bond acceptors (Lipinski definition) is 7. The maximum absolute atomic E-state index is 12.2. The van der Waals surface area contributed by atoms with Crippen molar-refractivity contribution in [2.45, 2.75) is 12.1 Å². The molecule has 2 atom stereocenters. The Balaban J connectivity index is 1.69. The topological polar surface area (TPSA) is 128 Å². The van der Waals surface area contributed by atoms with E-state index in [1.807, 2.05) is 0 Å². The third kappa shape index (κ3) is 2.99. The quantitative estimate of drug-likeness (QED) is 0.649. The number of pyridine rings is 1. The van der Waals surface area contributed by atoms with Gasteiger partial charge in [0.05, 0.1) is 17.8 Å². The second-order valence-electron chi connectivity index (χ2n) is 4.93. The van der Waals surface area contributed by atoms with E-state index in [-0.39, 0.29) is 18.8 Å². The minimum absolute atomic E-state index is 0.120. The number of methoxy groups -OCH3 is 1. The molecule has 1 aliphatic heterocycles. The molecule has 10 heteroatoms. The van der Waals surface area contributed by atoms with Crippen LogP contribution in [0.3, 0.4) is 0 Å². The zero-order chi connectivity index (χ0) is 16.4. The molecule has 0 radical (unpaired) electrons. The molecule has 2 aromatic heterocycles. The maximum Gasteiger partial charge on any atom is 0.432 e. The van der Waals surface area contributed by atoms with E-state index in [1.54, 1.807) is 0 Å². The fraction of sp³-hybridized carbons (Fsp3) is 0.385. The van der Waals surface area contributed by atoms with E-state index in [9.17, 15) is 9.59 Å². The molecule has 10 nitrogen and oxygen atoms in total. The van der Waals surface area contributed by atoms with Gasteiger partial charge in [-0.1, -0.05) is 0 Å². The summed E-state index contributed by atoms with van der Waals surface area (Å²) >= 11 is 0. The summed E-state index contributed by atoms with van der Waals surface area (Å²) in [4.78, 5) is 27.3. The molecule has 0 aliphatic carbocycles. The van der Waals surface area contributed by atoms with Crippen molar-refractivity contribution in [2.24, 2.45) is 0 Å². The van der Waals surface area contributed by atoms with Crippen molar-refractivity contribution in [3.05, 3.63) is 18.3 Å². The van der Waals surface area contributed by atoms with Crippen LogP contribution in [-0.2, 0) is 14.3 Å². The number of hydrogen-bond donors (Lipinski definition) is 3. The van der Waals surface area contributed by atoms with Gasteiger partial charge in [0.15, 0.2) is 0 Å². The van der Waals surface area contributed by atoms with Crippen LogP contribution in [-0.4, -0.2) is 64.5 Å². The molecule has 1 saturated heterocycles. The first-order chi connectivity index (χ1) is 11.1. The summed E-state index contributed by atoms with van der Waals surface area (Å²) in [7, 11) is 1.51. The average molecular weight is 321 g/mol. The molecule has 1 fully saturated rings. The van der Waals surface area contributed by atoms with Crippen molar-refractivity contribution in [1.82, 2.24) is 20.1 Å². The molecule has 3 heterocycles. The lowest BCUT2D eigenvalue weighted by molar-refractivity contribution is -0.137. The third-order valence-electron chi connectivity index (χ3n) is 3.45. The number of rotatable bonds is 5. The first-order valence-electron chi connectivity index (χ1n) is 6.83. The van der Waals surface area contributed by atoms with E-state index >= 15 is 0 Å². The van der Waals surface area contributed by atoms with Crippen LogP contribution in [0.15, 0.2) is 18.3 Å². The SMILES string of the molecule is COCO[C@@H]1CN[C@H]1C(=O)Nc1ccc2c(cnn2C(=O)O)n1. The number of carbonyl (C=O) groups excluding carboxylic acids is 1. The Morgan fingerprint density at radius 3 is 3.00 bits per heavy atom. The van der Waals surface area contributed by atoms with Crippen LogP contribution in [0, 0.1) is 0 Å². The number of nitrogens with zero attached hydrogens (tertiary/aromatic N) is 3. The van der Waals surface area contributed by atoms with Crippen molar-refractivity contribution >= 4 is 28.9 Å². The van der Waals surface area contributed by atoms with Crippen LogP contribution in [0.1, 0.15) is 0 Å². The van der Waals surface area contributed by atoms with Gasteiger partial charge in [-0.15, -0.1) is 0 Å². The largest absolute Gasteiger partial charge is 0.463 e. The number of fused-ring (bicyclic) bond motifs is 1. The summed E-state index contributed by atoms with van der Waals surface area (Å²) < 4.78 is 11.0. The summed E-state index contributed by atoms with van der Waals surface area (Å²) in [5, 5.41) is 18.3. The lowest BCUT2D eigenvalue weighted by Crippen LogP contribution is -2.63. The summed E-state index contributed by atoms with van der Waals surface area (Å²) in [5.41, 5.74) is 0.720. The van der Waals surface area contributed by atoms with E-state index < -0.39 is 12.1 Å². The number of amides is 1. The highest BCUT2D eigenvalue weighted by atomic mass is 16.7. The van der Waals surface area contributed by atoms with Gasteiger partial charge in [0, 0.05) is 13.7 Å². The van der Waals surface area contributed by atoms with E-state index in [4.69, 9.17) is 14.6 Å². The Hall–Kier alpha value is -2.56. The van der Waals surface area contributed by atoms with Gasteiger partial charge >= 0.3 is 6.09 Å². The van der Waals surface area contributed by atoms with Gasteiger partial charge in [-0.25, -0.2) is 9.78 Å². The molecule has 3 rings (SSSR count). The van der Waals surface area contributed by atoms with E-state index in [1.165, 1.54) is 25.4 Å². The molecule has 0 saturated carbocycles. The normalized spacial score (nSPS) is 20.2. The molecule has 0 unspecified atom stereocenters. The molecule has 122 valence electrons. The van der Waals surface area contributed by atoms with Gasteiger partial charge in [0.1, 0.15) is 24.2 Å². The highest BCUT2D eigenvalue weighted by molar-refractivity contribution is 5.96. The molecule has 0 spiro atoms. The second kappa shape index (κ2) is 6.28. The molecule has 1 aliphatic rings. The van der Waals surface area contributed by atoms with Gasteiger partial charge in [0.2, 0.25) is 5.91 Å². The Kier molecular flexibility index (Phi) is 4.19. The number of nitrogens with one attached hydrogen (secondary N) is 2. The maximum atomic E-state index is 12.2. The minimum atomic E-state index is -1.20. The molecular weight excluding hydrogens is 306 g/mol. The zero-order valence-corrected chi connectivity index (χ0v) is 12.2. The van der Waals surface area contributed by atoms with Crippen LogP contribution in [0.2, 0.25) is 0 Å². The van der Waals surface area contributed by atoms with Crippen molar-refractivity contribution in [3.63, 3.8) is 0 Å². The molecule has 0 aromatic carbocycles. The van der Waals surface area contributed by atoms with Crippen molar-refractivity contribution < 1.29 is 24.2 Å². The first-order valence-corrected chi connectivity index (χ1v) is 6.83. The van der Waals surface area contributed by atoms with Gasteiger partial charge in [-0.3, -0.25) is 4.79 Å². The fourth-order valence-corrected chi connectivity index (χ4v) is 2.25. The summed E-state index contributed by atoms with van der Waals surface area (Å²) in [5.74, 6) is 0.0291. The van der Waals surface area contributed by atoms with Crippen LogP contribution < -0.4 is 10.6 Å². The number of carboxylic acid groups (broad SMARTS) is 1. The minimum Gasteiger partial charge on any atom is -0.463 e. The van der Waals surface area contributed by atoms with Crippen molar-refractivity contribution in [3.8, 4) is 0 Å². The second-order valence-corrected chi connectivity index (χ2v) is 4.93. The lowest BCUT2D eigenvalue weighted by atomic mass is 10.0. The van der Waals surface area contributed by atoms with Crippen LogP contribution in [0.4, 0.5) is 10.6 Å². The number of anilines is 1. The van der Waals surface area contributed by atoms with Gasteiger partial charge in [-0.2, -0.15) is 9.78 Å². The van der Waals surface area contributed by atoms with Gasteiger partial charge in [-0.05, 0) is 12.1 Å². The Bertz CT molecular complexity index is 745. The molecular formula is C13H15N5O5. The van der Waals surface area contributed by atoms with Gasteiger partial charge < -0.3 is 25.2 Å². The summed E-state index contributed by atoms with van der Waals surface area (Å²) in [6, 6.07) is 2.57. The molecule has 2 aromatic rings. The van der Waals surface area contributed by atoms with Crippen LogP contribution in [0.25, 0.3) is 11.0 Å². The number of aromatic nitrogens is 3.